The molecule has 0 atom stereocenters. The summed E-state index contributed by atoms with van der Waals surface area (Å²) < 4.78 is 11.3. The summed E-state index contributed by atoms with van der Waals surface area (Å²) in [5.41, 5.74) is 4.01. The van der Waals surface area contributed by atoms with Crippen molar-refractivity contribution in [1.82, 2.24) is 9.13 Å². The molecule has 0 unspecified atom stereocenters. The average molecular weight is 761 g/mol. The fourth-order valence-electron chi connectivity index (χ4n) is 8.74. The van der Waals surface area contributed by atoms with E-state index in [9.17, 15) is 0 Å². The van der Waals surface area contributed by atoms with Crippen LogP contribution in [0.3, 0.4) is 0 Å². The van der Waals surface area contributed by atoms with Gasteiger partial charge in [-0.2, -0.15) is 0 Å². The number of rotatable bonds is 6. The third kappa shape index (κ3) is 4.15. The quantitative estimate of drug-likeness (QED) is 0.228. The monoisotopic (exact) mass is 762 g/mol. The summed E-state index contributed by atoms with van der Waals surface area (Å²) in [6.07, 6.45) is 0. The van der Waals surface area contributed by atoms with E-state index in [1.54, 1.807) is 8.92 Å². The predicted molar refractivity (Wildman–Crippen MR) is 200 cm³/mol. The van der Waals surface area contributed by atoms with Gasteiger partial charge in [-0.05, 0) is 6.92 Å². The topological polar surface area (TPSA) is 12.5 Å². The summed E-state index contributed by atoms with van der Waals surface area (Å²) >= 11 is 0.483. The zero-order valence-corrected chi connectivity index (χ0v) is 33.3. The zero-order chi connectivity index (χ0) is 32.9. The van der Waals surface area contributed by atoms with E-state index in [0.717, 1.165) is 0 Å². The van der Waals surface area contributed by atoms with Crippen LogP contribution in [0.1, 0.15) is 72.1 Å². The normalized spacial score (nSPS) is 20.2. The van der Waals surface area contributed by atoms with E-state index in [0.29, 0.717) is 24.2 Å². The van der Waals surface area contributed by atoms with Crippen molar-refractivity contribution < 1.29 is 8.48 Å². The number of benzene rings is 4. The van der Waals surface area contributed by atoms with Crippen LogP contribution in [-0.4, -0.2) is 86.6 Å². The van der Waals surface area contributed by atoms with Crippen LogP contribution in [0.4, 0.5) is 0 Å². The van der Waals surface area contributed by atoms with Crippen LogP contribution in [0.2, 0.25) is 0 Å². The first-order chi connectivity index (χ1) is 22.0. The fraction of sp³-hybridized carbons (Fsp3) is 0.333. The maximum Gasteiger partial charge on any atom is -0.0398 e. The molecule has 0 aliphatic carbocycles. The van der Waals surface area contributed by atoms with E-state index < -0.39 is 4.49 Å². The van der Waals surface area contributed by atoms with Gasteiger partial charge in [0.05, 0.1) is 0 Å². The predicted octanol–water partition coefficient (Wildman–Crippen LogP) is 5.87. The Bertz CT molecular complexity index is 1700. The number of aryl methyl sites for hydroxylation is 1. The molecule has 0 radical (unpaired) electrons. The molecule has 7 rings (SSSR count). The van der Waals surface area contributed by atoms with Crippen molar-refractivity contribution in [3.8, 4) is 0 Å². The largest absolute Gasteiger partial charge is 0.0622 e. The van der Waals surface area contributed by atoms with Gasteiger partial charge in [0, 0.05) is 0 Å². The molecule has 0 N–H and O–H groups in total. The summed E-state index contributed by atoms with van der Waals surface area (Å²) in [6, 6.07) is 43.7. The van der Waals surface area contributed by atoms with Crippen molar-refractivity contribution in [3.05, 3.63) is 132 Å². The SMILES string of the molecule is CC(C)N1C(c2ccccc2)=[N+](C(C)C)[Si-2]123([Se]c1ccccc1[Se]2)N(C(C)C)C(c1ccccc1)=[N+]3C(C)C.Cc1ccccc1. The Balaban J connectivity index is 0.000000471. The Morgan fingerprint density at radius 3 is 1.09 bits per heavy atom. The second-order valence-corrected chi connectivity index (χ2v) is 39.2. The van der Waals surface area contributed by atoms with Gasteiger partial charge >= 0.3 is 247 Å². The number of nitrogens with zero attached hydrogens (tertiary/aromatic N) is 4. The molecule has 0 amide bonds. The molecular weight excluding hydrogens is 710 g/mol. The van der Waals surface area contributed by atoms with E-state index in [2.05, 4.69) is 177 Å². The van der Waals surface area contributed by atoms with Gasteiger partial charge in [-0.15, -0.1) is 0 Å². The van der Waals surface area contributed by atoms with Gasteiger partial charge in [-0.3, -0.25) is 0 Å². The second-order valence-electron chi connectivity index (χ2n) is 14.0. The van der Waals surface area contributed by atoms with Crippen molar-refractivity contribution in [1.29, 1.82) is 0 Å². The molecule has 0 bridgehead atoms. The van der Waals surface area contributed by atoms with E-state index in [4.69, 9.17) is 0 Å². The summed E-state index contributed by atoms with van der Waals surface area (Å²) in [5.74, 6) is 2.87. The Hall–Kier alpha value is -2.92. The van der Waals surface area contributed by atoms with E-state index >= 15 is 0 Å². The van der Waals surface area contributed by atoms with Crippen LogP contribution in [-0.2, 0) is 0 Å². The van der Waals surface area contributed by atoms with Gasteiger partial charge in [0.2, 0.25) is 0 Å². The van der Waals surface area contributed by atoms with Gasteiger partial charge < -0.3 is 0 Å². The standard InChI is InChI=1S/C32H42N4Se2Si.C7H8/c1-23(2)33-31(27-17-11-9-12-18-27)34(24(3)4)39(33,37-29-21-15-16-22-30(29)38-39)35(25(5)6)32(36(39)26(7)8)28-19-13-10-14-20-28;1-7-5-3-2-4-6-7/h9-26H,1-8H3;2-6H,1H3. The summed E-state index contributed by atoms with van der Waals surface area (Å²) in [6.45, 7) is 21.7. The van der Waals surface area contributed by atoms with Gasteiger partial charge in [-0.25, -0.2) is 0 Å². The number of amidine groups is 2. The molecule has 3 heterocycles. The molecule has 1 spiro atoms. The third-order valence-electron chi connectivity index (χ3n) is 9.58. The first kappa shape index (κ1) is 33.0. The first-order valence-corrected chi connectivity index (χ1v) is 26.3. The zero-order valence-electron chi connectivity index (χ0n) is 28.9. The summed E-state index contributed by atoms with van der Waals surface area (Å²) in [4.78, 5) is 0. The molecule has 46 heavy (non-hydrogen) atoms. The molecule has 7 heteroatoms. The van der Waals surface area contributed by atoms with Crippen LogP contribution in [0.15, 0.2) is 115 Å². The van der Waals surface area contributed by atoms with Crippen molar-refractivity contribution in [2.45, 2.75) is 86.5 Å². The molecule has 3 aliphatic heterocycles. The van der Waals surface area contributed by atoms with Crippen LogP contribution >= 0.6 is 0 Å². The van der Waals surface area contributed by atoms with Crippen molar-refractivity contribution in [2.24, 2.45) is 0 Å². The Labute approximate surface area is 288 Å². The molecule has 0 aromatic heterocycles. The fourth-order valence-corrected chi connectivity index (χ4v) is 58.2. The van der Waals surface area contributed by atoms with Crippen molar-refractivity contribution in [3.63, 3.8) is 0 Å². The smallest absolute Gasteiger partial charge is 0.0398 e. The van der Waals surface area contributed by atoms with Crippen LogP contribution in [0, 0.1) is 6.92 Å². The van der Waals surface area contributed by atoms with Crippen LogP contribution in [0.5, 0.6) is 0 Å². The maximum absolute atomic E-state index is 4.10. The maximum atomic E-state index is 3.04. The number of hydrogen-bond acceptors (Lipinski definition) is 2. The first-order valence-electron chi connectivity index (χ1n) is 16.8. The molecule has 0 saturated carbocycles. The van der Waals surface area contributed by atoms with Gasteiger partial charge in [0.25, 0.3) is 0 Å². The van der Waals surface area contributed by atoms with Gasteiger partial charge in [0.15, 0.2) is 0 Å². The van der Waals surface area contributed by atoms with Gasteiger partial charge in [-0.1, -0.05) is 35.9 Å². The molecule has 0 saturated heterocycles. The van der Waals surface area contributed by atoms with Crippen molar-refractivity contribution in [2.75, 3.05) is 0 Å². The average Bonchev–Trinajstić information content (AvgIpc) is 3.37. The summed E-state index contributed by atoms with van der Waals surface area (Å²) in [5, 5.41) is 0. The minimum atomic E-state index is -4.10. The van der Waals surface area contributed by atoms with Crippen LogP contribution < -0.4 is 8.92 Å². The minimum Gasteiger partial charge on any atom is -0.0622 e. The molecule has 4 aromatic carbocycles. The number of fused-ring (bicyclic) bond motifs is 1. The Morgan fingerprint density at radius 2 is 0.804 bits per heavy atom. The third-order valence-corrected chi connectivity index (χ3v) is 43.9. The summed E-state index contributed by atoms with van der Waals surface area (Å²) in [7, 11) is 0. The molecule has 4 aromatic rings. The molecule has 242 valence electrons. The molecule has 3 aliphatic rings. The molecule has 0 fully saturated rings. The molecular formula is C39H50N4Se2Si. The van der Waals surface area contributed by atoms with Gasteiger partial charge in [0.1, 0.15) is 0 Å². The van der Waals surface area contributed by atoms with Crippen LogP contribution in [0.25, 0.3) is 0 Å². The van der Waals surface area contributed by atoms with E-state index in [-0.39, 0.29) is 28.6 Å². The van der Waals surface area contributed by atoms with E-state index in [1.165, 1.54) is 28.4 Å². The van der Waals surface area contributed by atoms with E-state index in [1.807, 2.05) is 18.2 Å². The Morgan fingerprint density at radius 1 is 0.478 bits per heavy atom. The number of hydrogen-bond donors (Lipinski definition) is 0. The van der Waals surface area contributed by atoms with Crippen molar-refractivity contribution >= 4 is 53.7 Å². The Kier molecular flexibility index (Phi) is 8.35. The second kappa shape index (κ2) is 11.6. The minimum absolute atomic E-state index is 0.242. The molecule has 4 nitrogen and oxygen atoms in total.